The van der Waals surface area contributed by atoms with E-state index in [9.17, 15) is 18.8 Å². The number of carbonyl (C=O) groups is 3. The second-order valence-electron chi connectivity index (χ2n) is 8.70. The molecule has 4 aromatic rings. The summed E-state index contributed by atoms with van der Waals surface area (Å²) in [5.74, 6) is -0.103. The molecule has 5 rings (SSSR count). The molecule has 8 nitrogen and oxygen atoms in total. The number of hydrogen-bond acceptors (Lipinski definition) is 6. The highest BCUT2D eigenvalue weighted by molar-refractivity contribution is 6.03. The van der Waals surface area contributed by atoms with Gasteiger partial charge < -0.3 is 19.2 Å². The normalized spacial score (nSPS) is 12.5. The van der Waals surface area contributed by atoms with Crippen molar-refractivity contribution in [1.82, 2.24) is 0 Å². The molecule has 9 heteroatoms. The van der Waals surface area contributed by atoms with E-state index in [1.807, 2.05) is 19.1 Å². The molecule has 0 aliphatic carbocycles. The van der Waals surface area contributed by atoms with Gasteiger partial charge in [-0.25, -0.2) is 4.39 Å². The van der Waals surface area contributed by atoms with Crippen molar-refractivity contribution in [2.24, 2.45) is 0 Å². The van der Waals surface area contributed by atoms with E-state index >= 15 is 0 Å². The van der Waals surface area contributed by atoms with E-state index in [1.165, 1.54) is 35.2 Å². The van der Waals surface area contributed by atoms with Crippen LogP contribution in [-0.2, 0) is 11.3 Å². The lowest BCUT2D eigenvalue weighted by Gasteiger charge is -2.29. The molecule has 192 valence electrons. The molecule has 0 unspecified atom stereocenters. The molecule has 0 atom stereocenters. The van der Waals surface area contributed by atoms with Crippen LogP contribution in [0.1, 0.15) is 32.2 Å². The Hall–Kier alpha value is -4.92. The number of aryl methyl sites for hydroxylation is 1. The molecular weight excluding hydrogens is 491 g/mol. The quantitative estimate of drug-likeness (QED) is 0.326. The number of halogens is 1. The summed E-state index contributed by atoms with van der Waals surface area (Å²) in [5.41, 5.74) is 2.27. The number of furan rings is 1. The van der Waals surface area contributed by atoms with Gasteiger partial charge in [0.2, 0.25) is 0 Å². The first kappa shape index (κ1) is 24.8. The lowest BCUT2D eigenvalue weighted by molar-refractivity contribution is -0.121. The minimum absolute atomic E-state index is 0.0243. The molecule has 1 N–H and O–H groups in total. The molecule has 38 heavy (non-hydrogen) atoms. The molecule has 0 radical (unpaired) electrons. The van der Waals surface area contributed by atoms with Crippen molar-refractivity contribution in [2.45, 2.75) is 13.5 Å². The average molecular weight is 515 g/mol. The van der Waals surface area contributed by atoms with Gasteiger partial charge in [-0.2, -0.15) is 0 Å². The number of nitrogens with one attached hydrogen (secondary N) is 1. The van der Waals surface area contributed by atoms with Crippen molar-refractivity contribution in [3.8, 4) is 11.5 Å². The summed E-state index contributed by atoms with van der Waals surface area (Å²) in [4.78, 5) is 39.5. The number of ketones is 1. The zero-order chi connectivity index (χ0) is 26.6. The Labute approximate surface area is 217 Å². The zero-order valence-corrected chi connectivity index (χ0v) is 20.4. The Morgan fingerprint density at radius 2 is 1.76 bits per heavy atom. The number of carbonyl (C=O) groups excluding carboxylic acids is 3. The third-order valence-electron chi connectivity index (χ3n) is 5.92. The topological polar surface area (TPSA) is 98.1 Å². The number of anilines is 2. The van der Waals surface area contributed by atoms with Crippen LogP contribution in [0.3, 0.4) is 0 Å². The summed E-state index contributed by atoms with van der Waals surface area (Å²) >= 11 is 0. The monoisotopic (exact) mass is 514 g/mol. The SMILES string of the molecule is Cc1ccc(OCC(=O)c2ccc3c(c2)N(Cc2ccc(C(=O)Nc4ccc(F)cc4)o2)C(=O)CO3)cc1. The summed E-state index contributed by atoms with van der Waals surface area (Å²) in [6, 6.07) is 20.6. The Bertz CT molecular complexity index is 1490. The van der Waals surface area contributed by atoms with Crippen LogP contribution in [0.2, 0.25) is 0 Å². The Kier molecular flexibility index (Phi) is 6.90. The maximum absolute atomic E-state index is 13.1. The standard InChI is InChI=1S/C29H23FN2O6/c1-18-2-9-22(10-3-18)36-16-25(33)19-4-12-26-24(14-19)32(28(34)17-37-26)15-23-11-13-27(38-23)29(35)31-21-7-5-20(30)6-8-21/h2-14H,15-17H2,1H3,(H,31,35). The predicted octanol–water partition coefficient (Wildman–Crippen LogP) is 5.17. The summed E-state index contributed by atoms with van der Waals surface area (Å²) in [6.45, 7) is 1.65. The fourth-order valence-corrected chi connectivity index (χ4v) is 3.88. The van der Waals surface area contributed by atoms with Gasteiger partial charge in [-0.05, 0) is 73.7 Å². The third-order valence-corrected chi connectivity index (χ3v) is 5.92. The molecular formula is C29H23FN2O6. The zero-order valence-electron chi connectivity index (χ0n) is 20.4. The average Bonchev–Trinajstić information content (AvgIpc) is 3.40. The second kappa shape index (κ2) is 10.6. The third kappa shape index (κ3) is 5.57. The van der Waals surface area contributed by atoms with Gasteiger partial charge in [0, 0.05) is 11.3 Å². The molecule has 1 aliphatic rings. The Morgan fingerprint density at radius 3 is 2.53 bits per heavy atom. The molecule has 0 saturated heterocycles. The fraction of sp³-hybridized carbons (Fsp3) is 0.138. The van der Waals surface area contributed by atoms with Crippen molar-refractivity contribution in [1.29, 1.82) is 0 Å². The molecule has 0 fully saturated rings. The van der Waals surface area contributed by atoms with Gasteiger partial charge in [0.15, 0.2) is 24.8 Å². The number of amides is 2. The van der Waals surface area contributed by atoms with Crippen LogP contribution in [0.5, 0.6) is 11.5 Å². The van der Waals surface area contributed by atoms with E-state index in [4.69, 9.17) is 13.9 Å². The number of benzene rings is 3. The minimum Gasteiger partial charge on any atom is -0.485 e. The van der Waals surface area contributed by atoms with Crippen molar-refractivity contribution in [2.75, 3.05) is 23.4 Å². The number of hydrogen-bond donors (Lipinski definition) is 1. The van der Waals surface area contributed by atoms with Crippen LogP contribution in [0.15, 0.2) is 83.3 Å². The maximum atomic E-state index is 13.1. The number of rotatable bonds is 8. The van der Waals surface area contributed by atoms with Gasteiger partial charge >= 0.3 is 0 Å². The second-order valence-corrected chi connectivity index (χ2v) is 8.70. The van der Waals surface area contributed by atoms with Gasteiger partial charge in [-0.15, -0.1) is 0 Å². The number of nitrogens with zero attached hydrogens (tertiary/aromatic N) is 1. The van der Waals surface area contributed by atoms with Gasteiger partial charge in [0.05, 0.1) is 12.2 Å². The fourth-order valence-electron chi connectivity index (χ4n) is 3.88. The molecule has 2 amide bonds. The number of ether oxygens (including phenoxy) is 2. The van der Waals surface area contributed by atoms with Crippen LogP contribution in [0.25, 0.3) is 0 Å². The highest BCUT2D eigenvalue weighted by atomic mass is 19.1. The lowest BCUT2D eigenvalue weighted by atomic mass is 10.1. The van der Waals surface area contributed by atoms with Crippen LogP contribution < -0.4 is 19.7 Å². The molecule has 2 heterocycles. The summed E-state index contributed by atoms with van der Waals surface area (Å²) in [6.07, 6.45) is 0. The largest absolute Gasteiger partial charge is 0.485 e. The van der Waals surface area contributed by atoms with Crippen LogP contribution >= 0.6 is 0 Å². The number of fused-ring (bicyclic) bond motifs is 1. The molecule has 1 aliphatic heterocycles. The molecule has 1 aromatic heterocycles. The maximum Gasteiger partial charge on any atom is 0.291 e. The first-order valence-electron chi connectivity index (χ1n) is 11.8. The van der Waals surface area contributed by atoms with Gasteiger partial charge in [-0.1, -0.05) is 17.7 Å². The smallest absolute Gasteiger partial charge is 0.291 e. The van der Waals surface area contributed by atoms with Crippen molar-refractivity contribution < 1.29 is 32.7 Å². The minimum atomic E-state index is -0.516. The van der Waals surface area contributed by atoms with Gasteiger partial charge in [0.25, 0.3) is 11.8 Å². The van der Waals surface area contributed by atoms with Crippen molar-refractivity contribution >= 4 is 29.0 Å². The van der Waals surface area contributed by atoms with E-state index in [1.54, 1.807) is 36.4 Å². The van der Waals surface area contributed by atoms with E-state index in [2.05, 4.69) is 5.32 Å². The van der Waals surface area contributed by atoms with E-state index in [0.717, 1.165) is 5.56 Å². The number of Topliss-reactive ketones (excluding diaryl/α,β-unsaturated/α-hetero) is 1. The summed E-state index contributed by atoms with van der Waals surface area (Å²) in [7, 11) is 0. The Balaban J connectivity index is 1.29. The predicted molar refractivity (Wildman–Crippen MR) is 137 cm³/mol. The Morgan fingerprint density at radius 1 is 1.00 bits per heavy atom. The van der Waals surface area contributed by atoms with Gasteiger partial charge in [-0.3, -0.25) is 19.3 Å². The van der Waals surface area contributed by atoms with Crippen molar-refractivity contribution in [3.05, 3.63) is 107 Å². The molecule has 3 aromatic carbocycles. The van der Waals surface area contributed by atoms with Crippen molar-refractivity contribution in [3.63, 3.8) is 0 Å². The first-order valence-corrected chi connectivity index (χ1v) is 11.8. The molecule has 0 bridgehead atoms. The molecule has 0 spiro atoms. The lowest BCUT2D eigenvalue weighted by Crippen LogP contribution is -2.38. The van der Waals surface area contributed by atoms with E-state index in [0.29, 0.717) is 34.2 Å². The first-order chi connectivity index (χ1) is 18.4. The van der Waals surface area contributed by atoms with Gasteiger partial charge in [0.1, 0.15) is 23.1 Å². The summed E-state index contributed by atoms with van der Waals surface area (Å²) < 4.78 is 29.9. The van der Waals surface area contributed by atoms with Crippen LogP contribution in [0, 0.1) is 12.7 Å². The summed E-state index contributed by atoms with van der Waals surface area (Å²) in [5, 5.41) is 2.62. The van der Waals surface area contributed by atoms with Crippen LogP contribution in [-0.4, -0.2) is 30.8 Å². The van der Waals surface area contributed by atoms with Crippen LogP contribution in [0.4, 0.5) is 15.8 Å². The van der Waals surface area contributed by atoms with E-state index < -0.39 is 11.7 Å². The molecule has 0 saturated carbocycles. The van der Waals surface area contributed by atoms with E-state index in [-0.39, 0.29) is 37.2 Å². The highest BCUT2D eigenvalue weighted by Crippen LogP contribution is 2.34. The highest BCUT2D eigenvalue weighted by Gasteiger charge is 2.28.